The molecule has 0 radical (unpaired) electrons. The number of aromatic hydroxyl groups is 1. The van der Waals surface area contributed by atoms with E-state index in [1.54, 1.807) is 0 Å². The summed E-state index contributed by atoms with van der Waals surface area (Å²) in [6.07, 6.45) is 3.10. The van der Waals surface area contributed by atoms with E-state index in [1.165, 1.54) is 21.9 Å². The first-order chi connectivity index (χ1) is 7.66. The number of allylic oxidation sites excluding steroid dienone is 1. The molecule has 1 N–H and O–H groups in total. The maximum atomic E-state index is 10.1. The molecule has 0 aromatic heterocycles. The Labute approximate surface area is 95.0 Å². The third-order valence-corrected chi connectivity index (χ3v) is 3.31. The Balaban J connectivity index is 2.54. The molecule has 0 fully saturated rings. The van der Waals surface area contributed by atoms with Gasteiger partial charge >= 0.3 is 0 Å². The van der Waals surface area contributed by atoms with E-state index in [9.17, 15) is 5.11 Å². The molecule has 3 rings (SSSR count). The molecule has 0 unspecified atom stereocenters. The first kappa shape index (κ1) is 9.46. The Morgan fingerprint density at radius 2 is 2.00 bits per heavy atom. The summed E-state index contributed by atoms with van der Waals surface area (Å²) < 4.78 is 0. The Morgan fingerprint density at radius 1 is 1.19 bits per heavy atom. The number of hydrogen-bond donors (Lipinski definition) is 1. The average molecular weight is 210 g/mol. The molecule has 1 aliphatic carbocycles. The van der Waals surface area contributed by atoms with Gasteiger partial charge in [0.15, 0.2) is 0 Å². The molecule has 2 aromatic rings. The first-order valence-electron chi connectivity index (χ1n) is 5.58. The van der Waals surface area contributed by atoms with Gasteiger partial charge in [-0.05, 0) is 48.2 Å². The van der Waals surface area contributed by atoms with Crippen LogP contribution in [0, 0.1) is 6.92 Å². The van der Waals surface area contributed by atoms with E-state index < -0.39 is 0 Å². The number of hydrogen-bond acceptors (Lipinski definition) is 1. The largest absolute Gasteiger partial charge is 0.507 e. The van der Waals surface area contributed by atoms with Crippen molar-refractivity contribution in [3.8, 4) is 5.75 Å². The van der Waals surface area contributed by atoms with Crippen molar-refractivity contribution in [2.24, 2.45) is 0 Å². The highest BCUT2D eigenvalue weighted by Gasteiger charge is 2.15. The lowest BCUT2D eigenvalue weighted by Gasteiger charge is -2.18. The number of phenols is 1. The molecule has 0 spiro atoms. The molecule has 0 amide bonds. The van der Waals surface area contributed by atoms with Crippen molar-refractivity contribution in [3.05, 3.63) is 46.5 Å². The summed E-state index contributed by atoms with van der Waals surface area (Å²) in [5, 5.41) is 12.6. The van der Waals surface area contributed by atoms with Crippen LogP contribution < -0.4 is 0 Å². The van der Waals surface area contributed by atoms with Crippen LogP contribution in [-0.4, -0.2) is 5.11 Å². The molecule has 0 aliphatic heterocycles. The predicted octanol–water partition coefficient (Wildman–Crippen LogP) is 3.81. The maximum Gasteiger partial charge on any atom is 0.126 e. The summed E-state index contributed by atoms with van der Waals surface area (Å²) in [4.78, 5) is 0. The molecule has 2 aromatic carbocycles. The summed E-state index contributed by atoms with van der Waals surface area (Å²) in [7, 11) is 0. The minimum Gasteiger partial charge on any atom is -0.507 e. The molecule has 1 heteroatoms. The fourth-order valence-corrected chi connectivity index (χ4v) is 2.59. The van der Waals surface area contributed by atoms with Crippen molar-refractivity contribution < 1.29 is 5.11 Å². The third kappa shape index (κ3) is 1.18. The molecule has 1 aliphatic rings. The van der Waals surface area contributed by atoms with Crippen molar-refractivity contribution in [3.63, 3.8) is 0 Å². The lowest BCUT2D eigenvalue weighted by molar-refractivity contribution is 0.470. The van der Waals surface area contributed by atoms with Crippen molar-refractivity contribution in [2.45, 2.75) is 20.3 Å². The van der Waals surface area contributed by atoms with Crippen LogP contribution in [0.2, 0.25) is 0 Å². The molecule has 0 bridgehead atoms. The lowest BCUT2D eigenvalue weighted by atomic mass is 9.88. The number of rotatable bonds is 0. The van der Waals surface area contributed by atoms with Gasteiger partial charge in [-0.2, -0.15) is 0 Å². The Hall–Kier alpha value is -1.76. The second-order valence-electron chi connectivity index (χ2n) is 4.64. The zero-order valence-electron chi connectivity index (χ0n) is 9.54. The summed E-state index contributed by atoms with van der Waals surface area (Å²) in [5.41, 5.74) is 4.57. The predicted molar refractivity (Wildman–Crippen MR) is 67.7 cm³/mol. The van der Waals surface area contributed by atoms with Crippen LogP contribution in [0.25, 0.3) is 16.8 Å². The van der Waals surface area contributed by atoms with Gasteiger partial charge in [-0.15, -0.1) is 0 Å². The zero-order chi connectivity index (χ0) is 11.3. The molecule has 0 atom stereocenters. The minimum absolute atomic E-state index is 0.430. The van der Waals surface area contributed by atoms with Gasteiger partial charge < -0.3 is 5.11 Å². The molecule has 0 saturated carbocycles. The minimum atomic E-state index is 0.430. The van der Waals surface area contributed by atoms with Crippen molar-refractivity contribution in [1.29, 1.82) is 0 Å². The number of aryl methyl sites for hydroxylation is 1. The highest BCUT2D eigenvalue weighted by molar-refractivity contribution is 5.98. The highest BCUT2D eigenvalue weighted by Crippen LogP contribution is 2.38. The standard InChI is InChI=1S/C15H14O/c1-9-6-11-4-3-5-12-8-10(2)15(16)13(7-9)14(11)12/h3-5,7-8,16H,6H2,1-2H3. The summed E-state index contributed by atoms with van der Waals surface area (Å²) >= 11 is 0. The van der Waals surface area contributed by atoms with Crippen LogP contribution in [0.15, 0.2) is 29.8 Å². The van der Waals surface area contributed by atoms with E-state index in [4.69, 9.17) is 0 Å². The van der Waals surface area contributed by atoms with Crippen LogP contribution in [0.3, 0.4) is 0 Å². The molecule has 16 heavy (non-hydrogen) atoms. The quantitative estimate of drug-likeness (QED) is 0.701. The van der Waals surface area contributed by atoms with Gasteiger partial charge in [0.2, 0.25) is 0 Å². The normalized spacial score (nSPS) is 14.0. The number of phenolic OH excluding ortho intramolecular Hbond substituents is 1. The van der Waals surface area contributed by atoms with Crippen LogP contribution in [0.5, 0.6) is 5.75 Å². The van der Waals surface area contributed by atoms with Gasteiger partial charge in [0.25, 0.3) is 0 Å². The van der Waals surface area contributed by atoms with Crippen molar-refractivity contribution in [1.82, 2.24) is 0 Å². The fourth-order valence-electron chi connectivity index (χ4n) is 2.59. The maximum absolute atomic E-state index is 10.1. The second kappa shape index (κ2) is 3.11. The van der Waals surface area contributed by atoms with Gasteiger partial charge in [-0.25, -0.2) is 0 Å². The molecule has 80 valence electrons. The summed E-state index contributed by atoms with van der Waals surface area (Å²) in [6.45, 7) is 4.07. The van der Waals surface area contributed by atoms with E-state index in [0.29, 0.717) is 5.75 Å². The van der Waals surface area contributed by atoms with E-state index in [1.807, 2.05) is 6.92 Å². The Morgan fingerprint density at radius 3 is 2.81 bits per heavy atom. The van der Waals surface area contributed by atoms with Gasteiger partial charge in [-0.3, -0.25) is 0 Å². The molecular weight excluding hydrogens is 196 g/mol. The van der Waals surface area contributed by atoms with Gasteiger partial charge in [0.1, 0.15) is 5.75 Å². The Bertz CT molecular complexity index is 621. The topological polar surface area (TPSA) is 20.2 Å². The Kier molecular flexibility index (Phi) is 1.84. The van der Waals surface area contributed by atoms with Crippen LogP contribution in [0.1, 0.15) is 23.6 Å². The second-order valence-corrected chi connectivity index (χ2v) is 4.64. The molecule has 1 nitrogen and oxygen atoms in total. The third-order valence-electron chi connectivity index (χ3n) is 3.31. The molecule has 0 heterocycles. The summed E-state index contributed by atoms with van der Waals surface area (Å²) in [5.74, 6) is 0.430. The van der Waals surface area contributed by atoms with Crippen LogP contribution in [0.4, 0.5) is 0 Å². The average Bonchev–Trinajstić information content (AvgIpc) is 2.25. The van der Waals surface area contributed by atoms with Crippen molar-refractivity contribution in [2.75, 3.05) is 0 Å². The summed E-state index contributed by atoms with van der Waals surface area (Å²) in [6, 6.07) is 8.42. The van der Waals surface area contributed by atoms with Gasteiger partial charge in [-0.1, -0.05) is 29.8 Å². The zero-order valence-corrected chi connectivity index (χ0v) is 9.54. The monoisotopic (exact) mass is 210 g/mol. The van der Waals surface area contributed by atoms with E-state index >= 15 is 0 Å². The fraction of sp³-hybridized carbons (Fsp3) is 0.200. The van der Waals surface area contributed by atoms with Crippen LogP contribution >= 0.6 is 0 Å². The number of benzene rings is 2. The molecular formula is C15H14O. The van der Waals surface area contributed by atoms with Crippen molar-refractivity contribution >= 4 is 16.8 Å². The van der Waals surface area contributed by atoms with E-state index in [-0.39, 0.29) is 0 Å². The van der Waals surface area contributed by atoms with E-state index in [0.717, 1.165) is 17.5 Å². The van der Waals surface area contributed by atoms with E-state index in [2.05, 4.69) is 37.3 Å². The van der Waals surface area contributed by atoms with Gasteiger partial charge in [0, 0.05) is 5.56 Å². The van der Waals surface area contributed by atoms with Gasteiger partial charge in [0.05, 0.1) is 0 Å². The first-order valence-corrected chi connectivity index (χ1v) is 5.58. The molecule has 0 saturated heterocycles. The highest BCUT2D eigenvalue weighted by atomic mass is 16.3. The SMILES string of the molecule is CC1=Cc2c(O)c(C)cc3cccc(c23)C1. The van der Waals surface area contributed by atoms with Crippen LogP contribution in [-0.2, 0) is 6.42 Å². The lowest BCUT2D eigenvalue weighted by Crippen LogP contribution is -1.98. The smallest absolute Gasteiger partial charge is 0.126 e.